The predicted molar refractivity (Wildman–Crippen MR) is 237 cm³/mol. The lowest BCUT2D eigenvalue weighted by atomic mass is 9.72. The minimum atomic E-state index is -4.64. The zero-order chi connectivity index (χ0) is 43.6. The fourth-order valence-electron chi connectivity index (χ4n) is 8.40. The SMILES string of the molecule is CC1(C)CCC(CN2CCN(c3ccc(C(=O)NS(=O)(=O)c4ccc(NCC5(F)CCOCC5)c([N+](=O)[O-])c4)c(Oc4cccc5[nH]cnc45)c3)CC2)=C(c2ccc(Cl)cc2)C1. The molecule has 0 saturated carbocycles. The molecule has 17 heteroatoms. The second-order valence-corrected chi connectivity index (χ2v) is 19.1. The number of fused-ring (bicyclic) bond motifs is 1. The first kappa shape index (κ1) is 43.1. The van der Waals surface area contributed by atoms with Crippen LogP contribution in [0.4, 0.5) is 21.5 Å². The van der Waals surface area contributed by atoms with Crippen molar-refractivity contribution < 1.29 is 32.0 Å². The summed E-state index contributed by atoms with van der Waals surface area (Å²) in [6, 6.07) is 21.6. The van der Waals surface area contributed by atoms with E-state index in [9.17, 15) is 23.3 Å². The Labute approximate surface area is 364 Å². The monoisotopic (exact) mass is 885 g/mol. The summed E-state index contributed by atoms with van der Waals surface area (Å²) in [5, 5.41) is 15.6. The third-order valence-corrected chi connectivity index (χ3v) is 13.6. The number of nitrogens with zero attached hydrogens (tertiary/aromatic N) is 4. The topological polar surface area (TPSA) is 172 Å². The largest absolute Gasteiger partial charge is 0.454 e. The van der Waals surface area contributed by atoms with Gasteiger partial charge in [0, 0.05) is 88.2 Å². The summed E-state index contributed by atoms with van der Waals surface area (Å²) in [5.41, 5.74) is 3.93. The van der Waals surface area contributed by atoms with Gasteiger partial charge in [-0.2, -0.15) is 0 Å². The van der Waals surface area contributed by atoms with Gasteiger partial charge in [0.15, 0.2) is 5.75 Å². The second kappa shape index (κ2) is 17.7. The van der Waals surface area contributed by atoms with Crippen LogP contribution in [-0.4, -0.2) is 92.3 Å². The predicted octanol–water partition coefficient (Wildman–Crippen LogP) is 8.75. The number of alkyl halides is 1. The van der Waals surface area contributed by atoms with E-state index in [4.69, 9.17) is 21.1 Å². The first-order valence-electron chi connectivity index (χ1n) is 20.7. The van der Waals surface area contributed by atoms with Crippen LogP contribution in [0.1, 0.15) is 61.9 Å². The fraction of sp³-hybridized carbons (Fsp3) is 0.378. The van der Waals surface area contributed by atoms with Crippen LogP contribution in [0.25, 0.3) is 16.6 Å². The van der Waals surface area contributed by atoms with E-state index in [-0.39, 0.29) is 55.0 Å². The number of ether oxygens (including phenoxy) is 2. The summed E-state index contributed by atoms with van der Waals surface area (Å²) in [5.74, 6) is -0.568. The highest BCUT2D eigenvalue weighted by molar-refractivity contribution is 7.90. The van der Waals surface area contributed by atoms with E-state index in [2.05, 4.69) is 55.8 Å². The van der Waals surface area contributed by atoms with Crippen LogP contribution >= 0.6 is 11.6 Å². The molecule has 3 heterocycles. The highest BCUT2D eigenvalue weighted by atomic mass is 35.5. The number of halogens is 2. The maximum absolute atomic E-state index is 15.2. The minimum absolute atomic E-state index is 0.0544. The van der Waals surface area contributed by atoms with Gasteiger partial charge in [0.2, 0.25) is 0 Å². The van der Waals surface area contributed by atoms with Crippen molar-refractivity contribution in [1.82, 2.24) is 19.6 Å². The lowest BCUT2D eigenvalue weighted by Crippen LogP contribution is -2.47. The average Bonchev–Trinajstić information content (AvgIpc) is 3.74. The van der Waals surface area contributed by atoms with Gasteiger partial charge in [0.1, 0.15) is 22.6 Å². The first-order valence-corrected chi connectivity index (χ1v) is 22.6. The Morgan fingerprint density at radius 2 is 1.76 bits per heavy atom. The molecular formula is C45H49ClFN7O7S. The molecule has 0 spiro atoms. The van der Waals surface area contributed by atoms with Crippen molar-refractivity contribution in [2.75, 3.05) is 62.7 Å². The van der Waals surface area contributed by atoms with Gasteiger partial charge in [-0.05, 0) is 84.3 Å². The van der Waals surface area contributed by atoms with Crippen molar-refractivity contribution in [3.05, 3.63) is 117 Å². The number of nitro benzene ring substituents is 1. The van der Waals surface area contributed by atoms with Crippen LogP contribution in [-0.2, 0) is 14.8 Å². The lowest BCUT2D eigenvalue weighted by molar-refractivity contribution is -0.384. The Hall–Kier alpha value is -5.55. The molecule has 3 aliphatic rings. The van der Waals surface area contributed by atoms with Gasteiger partial charge < -0.3 is 24.7 Å². The standard InChI is InChI=1S/C45H49ClFN7O7S/c1-44(2)15-14-31(36(26-44)30-6-8-32(46)9-7-30)27-52-18-20-53(21-19-52)33-10-12-35(41(24-33)61-40-5-3-4-38-42(40)50-29-49-38)43(55)51-62(58,59)34-11-13-37(39(25-34)54(56)57)48-28-45(47)16-22-60-23-17-45/h3-13,24-25,29,48H,14-23,26-28H2,1-2H3,(H,49,50)(H,51,55). The quantitative estimate of drug-likeness (QED) is 0.0763. The molecular weight excluding hydrogens is 837 g/mol. The molecule has 0 unspecified atom stereocenters. The molecule has 2 fully saturated rings. The van der Waals surface area contributed by atoms with Crippen LogP contribution in [0.5, 0.6) is 11.5 Å². The zero-order valence-corrected chi connectivity index (χ0v) is 36.2. The van der Waals surface area contributed by atoms with Gasteiger partial charge >= 0.3 is 0 Å². The number of benzene rings is 4. The van der Waals surface area contributed by atoms with Crippen LogP contribution in [0.15, 0.2) is 95.7 Å². The maximum Gasteiger partial charge on any atom is 0.293 e. The van der Waals surface area contributed by atoms with E-state index in [1.165, 1.54) is 35.2 Å². The molecule has 326 valence electrons. The average molecular weight is 886 g/mol. The number of aromatic amines is 1. The maximum atomic E-state index is 15.2. The number of hydrogen-bond acceptors (Lipinski definition) is 11. The molecule has 0 bridgehead atoms. The fourth-order valence-corrected chi connectivity index (χ4v) is 9.51. The molecule has 1 amide bonds. The summed E-state index contributed by atoms with van der Waals surface area (Å²) in [6.07, 6.45) is 4.93. The summed E-state index contributed by atoms with van der Waals surface area (Å²) < 4.78 is 56.3. The van der Waals surface area contributed by atoms with Crippen LogP contribution < -0.4 is 19.7 Å². The Morgan fingerprint density at radius 3 is 2.50 bits per heavy atom. The van der Waals surface area contributed by atoms with Crippen molar-refractivity contribution in [1.29, 1.82) is 0 Å². The number of sulfonamides is 1. The van der Waals surface area contributed by atoms with Crippen LogP contribution in [0.3, 0.4) is 0 Å². The molecule has 5 aromatic rings. The second-order valence-electron chi connectivity index (χ2n) is 17.0. The number of hydrogen-bond donors (Lipinski definition) is 3. The Bertz CT molecular complexity index is 2620. The number of nitro groups is 1. The van der Waals surface area contributed by atoms with E-state index in [1.807, 2.05) is 18.2 Å². The van der Waals surface area contributed by atoms with Crippen molar-refractivity contribution >= 4 is 61.2 Å². The smallest absolute Gasteiger partial charge is 0.293 e. The number of allylic oxidation sites excluding steroid dienone is 1. The summed E-state index contributed by atoms with van der Waals surface area (Å²) in [7, 11) is -4.64. The summed E-state index contributed by atoms with van der Waals surface area (Å²) in [4.78, 5) is 36.8. The Kier molecular flexibility index (Phi) is 12.3. The van der Waals surface area contributed by atoms with Crippen molar-refractivity contribution in [3.8, 4) is 11.5 Å². The summed E-state index contributed by atoms with van der Waals surface area (Å²) in [6.45, 7) is 8.76. The zero-order valence-electron chi connectivity index (χ0n) is 34.6. The van der Waals surface area contributed by atoms with Gasteiger partial charge in [-0.15, -0.1) is 0 Å². The van der Waals surface area contributed by atoms with Crippen molar-refractivity contribution in [2.24, 2.45) is 5.41 Å². The summed E-state index contributed by atoms with van der Waals surface area (Å²) >= 11 is 6.23. The van der Waals surface area contributed by atoms with Crippen LogP contribution in [0.2, 0.25) is 5.02 Å². The van der Waals surface area contributed by atoms with E-state index in [0.29, 0.717) is 29.9 Å². The number of amides is 1. The van der Waals surface area contributed by atoms with E-state index < -0.39 is 37.1 Å². The molecule has 1 aromatic heterocycles. The number of carbonyl (C=O) groups is 1. The number of piperazine rings is 1. The normalized spacial score (nSPS) is 18.1. The van der Waals surface area contributed by atoms with E-state index in [1.54, 1.807) is 24.3 Å². The number of H-pyrrole nitrogens is 1. The van der Waals surface area contributed by atoms with Gasteiger partial charge in [-0.25, -0.2) is 22.5 Å². The van der Waals surface area contributed by atoms with Crippen molar-refractivity contribution in [3.63, 3.8) is 0 Å². The number of carbonyl (C=O) groups excluding carboxylic acids is 1. The molecule has 3 N–H and O–H groups in total. The molecule has 62 heavy (non-hydrogen) atoms. The number of rotatable bonds is 13. The molecule has 0 atom stereocenters. The van der Waals surface area contributed by atoms with Gasteiger partial charge in [0.25, 0.3) is 21.6 Å². The molecule has 8 rings (SSSR count). The molecule has 2 aliphatic heterocycles. The highest BCUT2D eigenvalue weighted by Gasteiger charge is 2.34. The minimum Gasteiger partial charge on any atom is -0.454 e. The van der Waals surface area contributed by atoms with Gasteiger partial charge in [-0.3, -0.25) is 19.8 Å². The van der Waals surface area contributed by atoms with Gasteiger partial charge in [-0.1, -0.05) is 49.2 Å². The third-order valence-electron chi connectivity index (χ3n) is 12.1. The number of para-hydroxylation sites is 1. The van der Waals surface area contributed by atoms with Crippen molar-refractivity contribution in [2.45, 2.75) is 56.5 Å². The molecule has 14 nitrogen and oxygen atoms in total. The Morgan fingerprint density at radius 1 is 1.00 bits per heavy atom. The highest BCUT2D eigenvalue weighted by Crippen LogP contribution is 2.44. The van der Waals surface area contributed by atoms with E-state index in [0.717, 1.165) is 61.7 Å². The number of aromatic nitrogens is 2. The number of anilines is 2. The molecule has 4 aromatic carbocycles. The Balaban J connectivity index is 1.01. The number of nitrogens with one attached hydrogen (secondary N) is 3. The molecule has 0 radical (unpaired) electrons. The van der Waals surface area contributed by atoms with Crippen LogP contribution in [0, 0.1) is 15.5 Å². The van der Waals surface area contributed by atoms with Gasteiger partial charge in [0.05, 0.1) is 27.2 Å². The first-order chi connectivity index (χ1) is 29.7. The van der Waals surface area contributed by atoms with E-state index >= 15 is 4.39 Å². The lowest BCUT2D eigenvalue weighted by Gasteiger charge is -2.39. The number of imidazole rings is 1. The molecule has 2 saturated heterocycles. The third kappa shape index (κ3) is 9.73. The molecule has 1 aliphatic carbocycles.